The molecule has 112 valence electrons. The number of nitrogens with one attached hydrogen (secondary N) is 2. The Hall–Kier alpha value is -0.610. The Morgan fingerprint density at radius 2 is 2.11 bits per heavy atom. The van der Waals surface area contributed by atoms with Crippen molar-refractivity contribution in [3.63, 3.8) is 0 Å². The number of hydrogen-bond acceptors (Lipinski definition) is 3. The van der Waals surface area contributed by atoms with Crippen molar-refractivity contribution in [2.24, 2.45) is 11.3 Å². The van der Waals surface area contributed by atoms with Crippen LogP contribution in [0.25, 0.3) is 0 Å². The first-order valence-corrected chi connectivity index (χ1v) is 7.48. The first-order valence-electron chi connectivity index (χ1n) is 7.48. The van der Waals surface area contributed by atoms with Gasteiger partial charge in [0, 0.05) is 25.5 Å². The van der Waals surface area contributed by atoms with Crippen LogP contribution in [0.1, 0.15) is 46.5 Å². The molecule has 0 bridgehead atoms. The van der Waals surface area contributed by atoms with Gasteiger partial charge in [-0.3, -0.25) is 4.79 Å². The molecule has 1 rings (SSSR count). The largest absolute Gasteiger partial charge is 0.377 e. The molecule has 19 heavy (non-hydrogen) atoms. The summed E-state index contributed by atoms with van der Waals surface area (Å²) < 4.78 is 5.92. The van der Waals surface area contributed by atoms with Gasteiger partial charge in [0.05, 0.1) is 6.10 Å². The molecule has 1 fully saturated rings. The number of carbonyl (C=O) groups excluding carboxylic acids is 1. The molecule has 1 heterocycles. The molecule has 0 aromatic rings. The molecular formula is C15H30N2O2. The lowest BCUT2D eigenvalue weighted by Gasteiger charge is -2.40. The topological polar surface area (TPSA) is 50.4 Å². The molecule has 0 aromatic carbocycles. The van der Waals surface area contributed by atoms with Crippen LogP contribution in [-0.4, -0.2) is 38.8 Å². The highest BCUT2D eigenvalue weighted by Gasteiger charge is 2.35. The zero-order valence-electron chi connectivity index (χ0n) is 12.9. The second-order valence-electron chi connectivity index (χ2n) is 6.57. The highest BCUT2D eigenvalue weighted by Crippen LogP contribution is 2.33. The third kappa shape index (κ3) is 5.91. The second kappa shape index (κ2) is 7.85. The fourth-order valence-corrected chi connectivity index (χ4v) is 2.77. The maximum Gasteiger partial charge on any atom is 0.220 e. The van der Waals surface area contributed by atoms with E-state index in [1.807, 2.05) is 7.05 Å². The van der Waals surface area contributed by atoms with Gasteiger partial charge in [-0.25, -0.2) is 0 Å². The van der Waals surface area contributed by atoms with Crippen LogP contribution in [0, 0.1) is 11.3 Å². The molecular weight excluding hydrogens is 240 g/mol. The smallest absolute Gasteiger partial charge is 0.220 e. The number of hydrogen-bond donors (Lipinski definition) is 2. The van der Waals surface area contributed by atoms with Crippen molar-refractivity contribution in [1.29, 1.82) is 0 Å². The Kier molecular flexibility index (Phi) is 6.80. The Morgan fingerprint density at radius 1 is 1.37 bits per heavy atom. The lowest BCUT2D eigenvalue weighted by molar-refractivity contribution is -0.123. The van der Waals surface area contributed by atoms with Crippen molar-refractivity contribution < 1.29 is 9.53 Å². The zero-order chi connectivity index (χ0) is 14.3. The van der Waals surface area contributed by atoms with Crippen LogP contribution in [0.5, 0.6) is 0 Å². The summed E-state index contributed by atoms with van der Waals surface area (Å²) in [7, 11) is 1.91. The monoisotopic (exact) mass is 270 g/mol. The number of ether oxygens (including phenoxy) is 1. The van der Waals surface area contributed by atoms with Crippen LogP contribution in [-0.2, 0) is 9.53 Å². The molecule has 0 aliphatic carbocycles. The van der Waals surface area contributed by atoms with Crippen LogP contribution in [0.3, 0.4) is 0 Å². The average Bonchev–Trinajstić information content (AvgIpc) is 2.36. The lowest BCUT2D eigenvalue weighted by Crippen LogP contribution is -2.45. The molecule has 2 atom stereocenters. The van der Waals surface area contributed by atoms with Gasteiger partial charge in [0.25, 0.3) is 0 Å². The molecule has 4 heteroatoms. The molecule has 0 radical (unpaired) electrons. The van der Waals surface area contributed by atoms with E-state index >= 15 is 0 Å². The lowest BCUT2D eigenvalue weighted by atomic mass is 9.78. The molecule has 1 amide bonds. The maximum atomic E-state index is 11.7. The third-order valence-corrected chi connectivity index (χ3v) is 3.69. The highest BCUT2D eigenvalue weighted by molar-refractivity contribution is 5.75. The van der Waals surface area contributed by atoms with Gasteiger partial charge in [0.1, 0.15) is 0 Å². The van der Waals surface area contributed by atoms with Crippen molar-refractivity contribution in [2.75, 3.05) is 26.7 Å². The van der Waals surface area contributed by atoms with Gasteiger partial charge in [-0.15, -0.1) is 0 Å². The van der Waals surface area contributed by atoms with Gasteiger partial charge >= 0.3 is 0 Å². The minimum absolute atomic E-state index is 0.141. The van der Waals surface area contributed by atoms with Gasteiger partial charge in [-0.1, -0.05) is 20.8 Å². The minimum atomic E-state index is 0.141. The van der Waals surface area contributed by atoms with Gasteiger partial charge < -0.3 is 15.4 Å². The summed E-state index contributed by atoms with van der Waals surface area (Å²) in [6.45, 7) is 9.14. The first kappa shape index (κ1) is 16.4. The van der Waals surface area contributed by atoms with E-state index in [0.29, 0.717) is 12.3 Å². The van der Waals surface area contributed by atoms with E-state index in [1.165, 1.54) is 0 Å². The summed E-state index contributed by atoms with van der Waals surface area (Å²) in [5.74, 6) is 0.607. The van der Waals surface area contributed by atoms with Crippen molar-refractivity contribution in [3.05, 3.63) is 0 Å². The Bertz CT molecular complexity index is 274. The van der Waals surface area contributed by atoms with Crippen molar-refractivity contribution in [2.45, 2.75) is 52.6 Å². The fraction of sp³-hybridized carbons (Fsp3) is 0.933. The van der Waals surface area contributed by atoms with Crippen molar-refractivity contribution in [1.82, 2.24) is 10.6 Å². The maximum absolute atomic E-state index is 11.7. The van der Waals surface area contributed by atoms with E-state index in [2.05, 4.69) is 31.4 Å². The Morgan fingerprint density at radius 3 is 2.74 bits per heavy atom. The van der Waals surface area contributed by atoms with E-state index in [-0.39, 0.29) is 17.4 Å². The predicted molar refractivity (Wildman–Crippen MR) is 78.1 cm³/mol. The minimum Gasteiger partial charge on any atom is -0.377 e. The molecule has 1 saturated heterocycles. The van der Waals surface area contributed by atoms with Crippen LogP contribution in [0.15, 0.2) is 0 Å². The molecule has 0 saturated carbocycles. The number of rotatable bonds is 6. The van der Waals surface area contributed by atoms with Gasteiger partial charge in [-0.2, -0.15) is 0 Å². The summed E-state index contributed by atoms with van der Waals surface area (Å²) in [6.07, 6.45) is 4.01. The summed E-state index contributed by atoms with van der Waals surface area (Å²) in [5, 5.41) is 6.12. The van der Waals surface area contributed by atoms with Gasteiger partial charge in [-0.05, 0) is 38.3 Å². The van der Waals surface area contributed by atoms with E-state index in [0.717, 1.165) is 39.0 Å². The van der Waals surface area contributed by atoms with Crippen LogP contribution >= 0.6 is 0 Å². The average molecular weight is 270 g/mol. The normalized spacial score (nSPS) is 24.2. The van der Waals surface area contributed by atoms with E-state index < -0.39 is 0 Å². The second-order valence-corrected chi connectivity index (χ2v) is 6.57. The fourth-order valence-electron chi connectivity index (χ4n) is 2.77. The van der Waals surface area contributed by atoms with Crippen LogP contribution in [0.4, 0.5) is 0 Å². The van der Waals surface area contributed by atoms with Crippen LogP contribution < -0.4 is 10.6 Å². The van der Waals surface area contributed by atoms with Gasteiger partial charge in [0.15, 0.2) is 0 Å². The predicted octanol–water partition coefficient (Wildman–Crippen LogP) is 1.94. The van der Waals surface area contributed by atoms with E-state index in [4.69, 9.17) is 4.74 Å². The van der Waals surface area contributed by atoms with Gasteiger partial charge in [0.2, 0.25) is 5.91 Å². The first-order chi connectivity index (χ1) is 8.95. The molecule has 1 aliphatic heterocycles. The van der Waals surface area contributed by atoms with Crippen molar-refractivity contribution in [3.8, 4) is 0 Å². The molecule has 4 nitrogen and oxygen atoms in total. The molecule has 0 spiro atoms. The third-order valence-electron chi connectivity index (χ3n) is 3.69. The summed E-state index contributed by atoms with van der Waals surface area (Å²) >= 11 is 0. The number of carbonyl (C=O) groups is 1. The van der Waals surface area contributed by atoms with Crippen LogP contribution in [0.2, 0.25) is 0 Å². The molecule has 2 N–H and O–H groups in total. The standard InChI is InChI=1S/C15H30N2O2/c1-15(2,3)14-12(7-6-10-19-14)11-17-13(18)8-5-9-16-4/h12,14,16H,5-11H2,1-4H3,(H,17,18). The number of amides is 1. The molecule has 1 aliphatic rings. The summed E-state index contributed by atoms with van der Waals surface area (Å²) in [6, 6.07) is 0. The molecule has 2 unspecified atom stereocenters. The van der Waals surface area contributed by atoms with Crippen molar-refractivity contribution >= 4 is 5.91 Å². The summed E-state index contributed by atoms with van der Waals surface area (Å²) in [4.78, 5) is 11.7. The quantitative estimate of drug-likeness (QED) is 0.725. The SMILES string of the molecule is CNCCCC(=O)NCC1CCCOC1C(C)(C)C. The Balaban J connectivity index is 2.35. The highest BCUT2D eigenvalue weighted by atomic mass is 16.5. The zero-order valence-corrected chi connectivity index (χ0v) is 12.9. The summed E-state index contributed by atoms with van der Waals surface area (Å²) in [5.41, 5.74) is 0.141. The van der Waals surface area contributed by atoms with E-state index in [9.17, 15) is 4.79 Å². The van der Waals surface area contributed by atoms with E-state index in [1.54, 1.807) is 0 Å². The molecule has 0 aromatic heterocycles. The Labute approximate surface area is 117 Å².